The lowest BCUT2D eigenvalue weighted by Crippen LogP contribution is -1.87. The van der Waals surface area contributed by atoms with E-state index < -0.39 is 0 Å². The Morgan fingerprint density at radius 3 is 2.64 bits per heavy atom. The maximum Gasteiger partial charge on any atom is 0.210 e. The maximum absolute atomic E-state index is 4.04. The van der Waals surface area contributed by atoms with Crippen LogP contribution >= 0.6 is 11.3 Å². The molecule has 0 aliphatic carbocycles. The quantitative estimate of drug-likeness (QED) is 0.837. The fraction of sp³-hybridized carbons (Fsp3) is 0.200. The second kappa shape index (κ2) is 4.19. The molecule has 0 bridgehead atoms. The number of rotatable bonds is 3. The highest BCUT2D eigenvalue weighted by Gasteiger charge is 2.01. The molecule has 0 unspecified atom stereocenters. The van der Waals surface area contributed by atoms with E-state index in [9.17, 15) is 0 Å². The summed E-state index contributed by atoms with van der Waals surface area (Å²) in [5.41, 5.74) is 1.05. The largest absolute Gasteiger partial charge is 0.330 e. The number of aromatic nitrogens is 2. The zero-order valence-corrected chi connectivity index (χ0v) is 8.71. The molecule has 72 valence electrons. The molecule has 3 nitrogen and oxygen atoms in total. The van der Waals surface area contributed by atoms with Gasteiger partial charge in [-0.05, 0) is 18.6 Å². The molecular weight excluding hydrogens is 194 g/mol. The monoisotopic (exact) mass is 205 g/mol. The molecule has 0 saturated heterocycles. The van der Waals surface area contributed by atoms with Gasteiger partial charge in [-0.25, -0.2) is 0 Å². The van der Waals surface area contributed by atoms with Crippen LogP contribution in [0.2, 0.25) is 0 Å². The van der Waals surface area contributed by atoms with Crippen LogP contribution in [0.4, 0.5) is 10.8 Å². The number of nitrogens with one attached hydrogen (secondary N) is 1. The van der Waals surface area contributed by atoms with E-state index >= 15 is 0 Å². The van der Waals surface area contributed by atoms with E-state index in [1.165, 1.54) is 0 Å². The average Bonchev–Trinajstić information content (AvgIpc) is 2.67. The summed E-state index contributed by atoms with van der Waals surface area (Å²) in [6.45, 7) is 2.08. The van der Waals surface area contributed by atoms with Crippen molar-refractivity contribution in [2.24, 2.45) is 0 Å². The average molecular weight is 205 g/mol. The van der Waals surface area contributed by atoms with Crippen molar-refractivity contribution in [3.05, 3.63) is 35.3 Å². The number of para-hydroxylation sites is 1. The van der Waals surface area contributed by atoms with Gasteiger partial charge in [-0.2, -0.15) is 0 Å². The van der Waals surface area contributed by atoms with Gasteiger partial charge in [0.2, 0.25) is 5.13 Å². The molecule has 1 aromatic carbocycles. The zero-order valence-electron chi connectivity index (χ0n) is 7.90. The molecule has 1 aromatic heterocycles. The molecule has 0 aliphatic heterocycles. The highest BCUT2D eigenvalue weighted by atomic mass is 32.1. The van der Waals surface area contributed by atoms with Crippen molar-refractivity contribution in [2.75, 3.05) is 5.32 Å². The Bertz CT molecular complexity index is 397. The van der Waals surface area contributed by atoms with Gasteiger partial charge in [0.15, 0.2) is 0 Å². The van der Waals surface area contributed by atoms with Crippen LogP contribution in [0.15, 0.2) is 30.3 Å². The Morgan fingerprint density at radius 2 is 2.00 bits per heavy atom. The van der Waals surface area contributed by atoms with Crippen LogP contribution in [0.3, 0.4) is 0 Å². The van der Waals surface area contributed by atoms with Gasteiger partial charge in [0.1, 0.15) is 5.01 Å². The van der Waals surface area contributed by atoms with E-state index in [4.69, 9.17) is 0 Å². The van der Waals surface area contributed by atoms with Gasteiger partial charge in [0, 0.05) is 5.69 Å². The smallest absolute Gasteiger partial charge is 0.210 e. The molecule has 0 spiro atoms. The first kappa shape index (κ1) is 9.15. The first-order valence-electron chi connectivity index (χ1n) is 4.53. The lowest BCUT2D eigenvalue weighted by atomic mass is 10.3. The third kappa shape index (κ3) is 2.09. The van der Waals surface area contributed by atoms with Crippen molar-refractivity contribution < 1.29 is 0 Å². The van der Waals surface area contributed by atoms with Crippen molar-refractivity contribution in [1.29, 1.82) is 0 Å². The van der Waals surface area contributed by atoms with Crippen LogP contribution in [0.1, 0.15) is 11.9 Å². The third-order valence-corrected chi connectivity index (χ3v) is 2.78. The lowest BCUT2D eigenvalue weighted by molar-refractivity contribution is 0.986. The van der Waals surface area contributed by atoms with E-state index in [1.807, 2.05) is 30.3 Å². The van der Waals surface area contributed by atoms with Crippen molar-refractivity contribution >= 4 is 22.2 Å². The topological polar surface area (TPSA) is 37.8 Å². The van der Waals surface area contributed by atoms with E-state index in [-0.39, 0.29) is 0 Å². The summed E-state index contributed by atoms with van der Waals surface area (Å²) in [6.07, 6.45) is 0.939. The van der Waals surface area contributed by atoms with E-state index in [2.05, 4.69) is 22.4 Å². The van der Waals surface area contributed by atoms with Gasteiger partial charge in [0.05, 0.1) is 0 Å². The first-order valence-corrected chi connectivity index (χ1v) is 5.34. The summed E-state index contributed by atoms with van der Waals surface area (Å²) in [6, 6.07) is 9.98. The predicted octanol–water partition coefficient (Wildman–Crippen LogP) is 2.84. The SMILES string of the molecule is CCc1nnc(Nc2ccccc2)s1. The molecule has 4 heteroatoms. The van der Waals surface area contributed by atoms with Crippen molar-refractivity contribution in [3.8, 4) is 0 Å². The number of anilines is 2. The van der Waals surface area contributed by atoms with E-state index in [0.717, 1.165) is 22.2 Å². The number of hydrogen-bond acceptors (Lipinski definition) is 4. The fourth-order valence-corrected chi connectivity index (χ4v) is 1.79. The molecule has 1 heterocycles. The summed E-state index contributed by atoms with van der Waals surface area (Å²) >= 11 is 1.59. The minimum absolute atomic E-state index is 0.855. The number of aryl methyl sites for hydroxylation is 1. The highest BCUT2D eigenvalue weighted by Crippen LogP contribution is 2.20. The molecule has 0 atom stereocenters. The van der Waals surface area contributed by atoms with Crippen molar-refractivity contribution in [1.82, 2.24) is 10.2 Å². The van der Waals surface area contributed by atoms with Crippen molar-refractivity contribution in [3.63, 3.8) is 0 Å². The molecule has 1 N–H and O–H groups in total. The molecule has 2 aromatic rings. The van der Waals surface area contributed by atoms with Gasteiger partial charge >= 0.3 is 0 Å². The standard InChI is InChI=1S/C10H11N3S/c1-2-9-12-13-10(14-9)11-8-6-4-3-5-7-8/h3-7H,2H2,1H3,(H,11,13). The molecule has 0 saturated carbocycles. The Labute approximate surface area is 86.8 Å². The van der Waals surface area contributed by atoms with Crippen LogP contribution in [-0.2, 0) is 6.42 Å². The van der Waals surface area contributed by atoms with Gasteiger partial charge in [-0.3, -0.25) is 0 Å². The number of benzene rings is 1. The molecular formula is C10H11N3S. The third-order valence-electron chi connectivity index (χ3n) is 1.79. The molecule has 2 rings (SSSR count). The number of nitrogens with zero attached hydrogens (tertiary/aromatic N) is 2. The van der Waals surface area contributed by atoms with E-state index in [1.54, 1.807) is 11.3 Å². The Balaban J connectivity index is 2.11. The maximum atomic E-state index is 4.04. The minimum Gasteiger partial charge on any atom is -0.330 e. The normalized spacial score (nSPS) is 10.1. The van der Waals surface area contributed by atoms with Gasteiger partial charge in [-0.1, -0.05) is 36.5 Å². The Morgan fingerprint density at radius 1 is 1.21 bits per heavy atom. The molecule has 0 radical (unpaired) electrons. The molecule has 0 amide bonds. The number of hydrogen-bond donors (Lipinski definition) is 1. The fourth-order valence-electron chi connectivity index (χ4n) is 1.09. The second-order valence-electron chi connectivity index (χ2n) is 2.85. The van der Waals surface area contributed by atoms with Crippen LogP contribution in [-0.4, -0.2) is 10.2 Å². The second-order valence-corrected chi connectivity index (χ2v) is 3.91. The van der Waals surface area contributed by atoms with Crippen LogP contribution in [0.5, 0.6) is 0 Å². The molecule has 14 heavy (non-hydrogen) atoms. The van der Waals surface area contributed by atoms with Gasteiger partial charge < -0.3 is 5.32 Å². The zero-order chi connectivity index (χ0) is 9.80. The summed E-state index contributed by atoms with van der Waals surface area (Å²) < 4.78 is 0. The lowest BCUT2D eigenvalue weighted by Gasteiger charge is -1.99. The summed E-state index contributed by atoms with van der Waals surface area (Å²) in [7, 11) is 0. The highest BCUT2D eigenvalue weighted by molar-refractivity contribution is 7.15. The van der Waals surface area contributed by atoms with Gasteiger partial charge in [0.25, 0.3) is 0 Å². The summed E-state index contributed by atoms with van der Waals surface area (Å²) in [4.78, 5) is 0. The Kier molecular flexibility index (Phi) is 2.74. The van der Waals surface area contributed by atoms with Crippen molar-refractivity contribution in [2.45, 2.75) is 13.3 Å². The first-order chi connectivity index (χ1) is 6.88. The van der Waals surface area contributed by atoms with Crippen LogP contribution in [0, 0.1) is 0 Å². The predicted molar refractivity (Wildman–Crippen MR) is 59.0 cm³/mol. The molecule has 0 fully saturated rings. The van der Waals surface area contributed by atoms with Crippen LogP contribution < -0.4 is 5.32 Å². The van der Waals surface area contributed by atoms with Gasteiger partial charge in [-0.15, -0.1) is 10.2 Å². The minimum atomic E-state index is 0.855. The van der Waals surface area contributed by atoms with E-state index in [0.29, 0.717) is 0 Å². The molecule has 0 aliphatic rings. The summed E-state index contributed by atoms with van der Waals surface area (Å²) in [5.74, 6) is 0. The van der Waals surface area contributed by atoms with Crippen LogP contribution in [0.25, 0.3) is 0 Å². The summed E-state index contributed by atoms with van der Waals surface area (Å²) in [5, 5.41) is 13.2. The Hall–Kier alpha value is -1.42.